The lowest BCUT2D eigenvalue weighted by Gasteiger charge is -2.34. The Morgan fingerprint density at radius 1 is 1.05 bits per heavy atom. The van der Waals surface area contributed by atoms with E-state index in [0.29, 0.717) is 0 Å². The van der Waals surface area contributed by atoms with Crippen molar-refractivity contribution in [3.8, 4) is 5.75 Å². The number of hydrogen-bond acceptors (Lipinski definition) is 4. The Morgan fingerprint density at radius 2 is 1.86 bits per heavy atom. The number of amidine groups is 1. The van der Waals surface area contributed by atoms with Crippen LogP contribution in [0.15, 0.2) is 58.5 Å². The molecule has 110 valence electrons. The third-order valence-corrected chi connectivity index (χ3v) is 4.04. The van der Waals surface area contributed by atoms with Crippen molar-refractivity contribution in [1.29, 1.82) is 0 Å². The fourth-order valence-corrected chi connectivity index (χ4v) is 2.94. The van der Waals surface area contributed by atoms with Crippen LogP contribution in [-0.4, -0.2) is 31.7 Å². The molecule has 0 saturated heterocycles. The van der Waals surface area contributed by atoms with Gasteiger partial charge in [-0.1, -0.05) is 12.1 Å². The Bertz CT molecular complexity index is 762. The molecule has 2 aliphatic heterocycles. The maximum atomic E-state index is 5.24. The van der Waals surface area contributed by atoms with Crippen molar-refractivity contribution in [2.24, 2.45) is 9.98 Å². The van der Waals surface area contributed by atoms with Gasteiger partial charge in [-0.15, -0.1) is 0 Å². The van der Waals surface area contributed by atoms with Crippen LogP contribution >= 0.6 is 0 Å². The first-order valence-electron chi connectivity index (χ1n) is 7.51. The Balaban J connectivity index is 1.86. The van der Waals surface area contributed by atoms with E-state index in [-0.39, 0.29) is 0 Å². The van der Waals surface area contributed by atoms with Gasteiger partial charge in [0.1, 0.15) is 11.5 Å². The van der Waals surface area contributed by atoms with Crippen molar-refractivity contribution in [3.05, 3.63) is 54.1 Å². The molecule has 2 aromatic rings. The van der Waals surface area contributed by atoms with Gasteiger partial charge in [0.05, 0.1) is 18.5 Å². The van der Waals surface area contributed by atoms with E-state index in [0.717, 1.165) is 53.7 Å². The van der Waals surface area contributed by atoms with Gasteiger partial charge in [0.2, 0.25) is 0 Å². The molecule has 0 N–H and O–H groups in total. The first-order valence-corrected chi connectivity index (χ1v) is 7.51. The molecule has 2 heterocycles. The number of benzene rings is 2. The largest absolute Gasteiger partial charge is 0.497 e. The van der Waals surface area contributed by atoms with Crippen molar-refractivity contribution >= 4 is 22.9 Å². The van der Waals surface area contributed by atoms with E-state index >= 15 is 0 Å². The fraction of sp³-hybridized carbons (Fsp3) is 0.222. The van der Waals surface area contributed by atoms with E-state index in [1.165, 1.54) is 0 Å². The third-order valence-electron chi connectivity index (χ3n) is 4.04. The lowest BCUT2D eigenvalue weighted by Crippen LogP contribution is -2.43. The summed E-state index contributed by atoms with van der Waals surface area (Å²) in [5.74, 6) is 1.83. The predicted octanol–water partition coefficient (Wildman–Crippen LogP) is 3.44. The van der Waals surface area contributed by atoms with Gasteiger partial charge < -0.3 is 9.64 Å². The molecule has 0 radical (unpaired) electrons. The molecule has 0 aliphatic carbocycles. The Morgan fingerprint density at radius 3 is 2.68 bits per heavy atom. The molecule has 2 aromatic carbocycles. The summed E-state index contributed by atoms with van der Waals surface area (Å²) in [5.41, 5.74) is 4.18. The van der Waals surface area contributed by atoms with Crippen LogP contribution in [-0.2, 0) is 0 Å². The van der Waals surface area contributed by atoms with Crippen LogP contribution < -0.4 is 9.64 Å². The van der Waals surface area contributed by atoms with E-state index in [1.54, 1.807) is 7.11 Å². The summed E-state index contributed by atoms with van der Waals surface area (Å²) in [5, 5.41) is 0. The maximum Gasteiger partial charge on any atom is 0.155 e. The first-order chi connectivity index (χ1) is 10.9. The lowest BCUT2D eigenvalue weighted by atomic mass is 10.0. The second kappa shape index (κ2) is 5.30. The number of methoxy groups -OCH3 is 1. The van der Waals surface area contributed by atoms with E-state index in [1.807, 2.05) is 30.3 Å². The van der Waals surface area contributed by atoms with Gasteiger partial charge >= 0.3 is 0 Å². The van der Waals surface area contributed by atoms with Crippen molar-refractivity contribution in [3.63, 3.8) is 0 Å². The van der Waals surface area contributed by atoms with E-state index in [2.05, 4.69) is 23.1 Å². The number of rotatable bonds is 2. The molecular formula is C18H17N3O. The van der Waals surface area contributed by atoms with Crippen LogP contribution in [0.3, 0.4) is 0 Å². The summed E-state index contributed by atoms with van der Waals surface area (Å²) in [6, 6.07) is 16.3. The number of nitrogens with zero attached hydrogens (tertiary/aromatic N) is 3. The van der Waals surface area contributed by atoms with Gasteiger partial charge in [0.25, 0.3) is 0 Å². The van der Waals surface area contributed by atoms with E-state index in [4.69, 9.17) is 14.7 Å². The standard InChI is InChI=1S/C18H17N3O/c1-22-14-9-7-13(8-10-14)17-18-19-11-4-12-21(18)16-6-3-2-5-15(16)20-17/h2-3,5-10H,4,11-12H2,1H3. The van der Waals surface area contributed by atoms with Crippen molar-refractivity contribution in [2.45, 2.75) is 6.42 Å². The molecule has 0 fully saturated rings. The highest BCUT2D eigenvalue weighted by Crippen LogP contribution is 2.35. The summed E-state index contributed by atoms with van der Waals surface area (Å²) in [6.07, 6.45) is 1.08. The molecule has 0 aromatic heterocycles. The van der Waals surface area contributed by atoms with Gasteiger partial charge in [0.15, 0.2) is 5.84 Å². The van der Waals surface area contributed by atoms with Crippen molar-refractivity contribution in [2.75, 3.05) is 25.1 Å². The average Bonchev–Trinajstić information content (AvgIpc) is 2.61. The minimum Gasteiger partial charge on any atom is -0.497 e. The van der Waals surface area contributed by atoms with Crippen molar-refractivity contribution in [1.82, 2.24) is 0 Å². The first kappa shape index (κ1) is 13.1. The second-order valence-corrected chi connectivity index (χ2v) is 5.39. The third kappa shape index (κ3) is 2.08. The number of ether oxygens (including phenoxy) is 1. The molecule has 0 bridgehead atoms. The van der Waals surface area contributed by atoms with Crippen LogP contribution in [0.5, 0.6) is 5.75 Å². The Labute approximate surface area is 129 Å². The molecular weight excluding hydrogens is 274 g/mol. The number of fused-ring (bicyclic) bond motifs is 3. The number of anilines is 1. The van der Waals surface area contributed by atoms with Gasteiger partial charge in [-0.3, -0.25) is 4.99 Å². The topological polar surface area (TPSA) is 37.2 Å². The Hall–Kier alpha value is -2.62. The summed E-state index contributed by atoms with van der Waals surface area (Å²) < 4.78 is 5.24. The van der Waals surface area contributed by atoms with Crippen LogP contribution in [0.25, 0.3) is 0 Å². The van der Waals surface area contributed by atoms with Crippen molar-refractivity contribution < 1.29 is 4.74 Å². The number of aliphatic imine (C=N–C) groups is 2. The molecule has 4 heteroatoms. The quantitative estimate of drug-likeness (QED) is 0.850. The van der Waals surface area contributed by atoms with Crippen LogP contribution in [0.2, 0.25) is 0 Å². The molecule has 4 nitrogen and oxygen atoms in total. The molecule has 0 unspecified atom stereocenters. The smallest absolute Gasteiger partial charge is 0.155 e. The number of para-hydroxylation sites is 2. The zero-order valence-corrected chi connectivity index (χ0v) is 12.5. The average molecular weight is 291 g/mol. The SMILES string of the molecule is COc1ccc(C2=Nc3ccccc3N3CCCN=C23)cc1. The molecule has 22 heavy (non-hydrogen) atoms. The van der Waals surface area contributed by atoms with Gasteiger partial charge in [-0.05, 0) is 42.8 Å². The fourth-order valence-electron chi connectivity index (χ4n) is 2.94. The summed E-state index contributed by atoms with van der Waals surface area (Å²) in [6.45, 7) is 1.86. The second-order valence-electron chi connectivity index (χ2n) is 5.39. The molecule has 0 amide bonds. The van der Waals surface area contributed by atoms with Crippen LogP contribution in [0, 0.1) is 0 Å². The van der Waals surface area contributed by atoms with E-state index in [9.17, 15) is 0 Å². The predicted molar refractivity (Wildman–Crippen MR) is 89.9 cm³/mol. The Kier molecular flexibility index (Phi) is 3.15. The zero-order valence-electron chi connectivity index (χ0n) is 12.5. The minimum atomic E-state index is 0.850. The summed E-state index contributed by atoms with van der Waals surface area (Å²) in [7, 11) is 1.68. The molecule has 4 rings (SSSR count). The highest BCUT2D eigenvalue weighted by atomic mass is 16.5. The zero-order chi connectivity index (χ0) is 14.9. The van der Waals surface area contributed by atoms with Gasteiger partial charge in [0, 0.05) is 18.7 Å². The maximum absolute atomic E-state index is 5.24. The van der Waals surface area contributed by atoms with Gasteiger partial charge in [-0.25, -0.2) is 4.99 Å². The molecule has 2 aliphatic rings. The van der Waals surface area contributed by atoms with E-state index < -0.39 is 0 Å². The lowest BCUT2D eigenvalue weighted by molar-refractivity contribution is 0.415. The van der Waals surface area contributed by atoms with Gasteiger partial charge in [-0.2, -0.15) is 0 Å². The molecule has 0 spiro atoms. The number of hydrogen-bond donors (Lipinski definition) is 0. The van der Waals surface area contributed by atoms with Crippen LogP contribution in [0.1, 0.15) is 12.0 Å². The van der Waals surface area contributed by atoms with Crippen LogP contribution in [0.4, 0.5) is 11.4 Å². The molecule has 0 saturated carbocycles. The normalized spacial score (nSPS) is 16.3. The monoisotopic (exact) mass is 291 g/mol. The minimum absolute atomic E-state index is 0.850. The highest BCUT2D eigenvalue weighted by molar-refractivity contribution is 6.53. The highest BCUT2D eigenvalue weighted by Gasteiger charge is 2.28. The molecule has 0 atom stereocenters. The summed E-state index contributed by atoms with van der Waals surface area (Å²) >= 11 is 0. The summed E-state index contributed by atoms with van der Waals surface area (Å²) in [4.78, 5) is 11.9.